The Morgan fingerprint density at radius 3 is 2.50 bits per heavy atom. The highest BCUT2D eigenvalue weighted by atomic mass is 32.1. The van der Waals surface area contributed by atoms with Crippen LogP contribution in [0.25, 0.3) is 0 Å². The Hall–Kier alpha value is -0.420. The number of nitrogens with zero attached hydrogens (tertiary/aromatic N) is 1. The van der Waals surface area contributed by atoms with E-state index in [1.165, 1.54) is 10.4 Å². The Kier molecular flexibility index (Phi) is 4.50. The van der Waals surface area contributed by atoms with E-state index in [2.05, 4.69) is 56.6 Å². The van der Waals surface area contributed by atoms with Crippen LogP contribution in [0, 0.1) is 6.92 Å². The van der Waals surface area contributed by atoms with Crippen molar-refractivity contribution in [3.8, 4) is 0 Å². The molecule has 4 heteroatoms. The molecule has 3 N–H and O–H groups in total. The van der Waals surface area contributed by atoms with Gasteiger partial charge in [-0.05, 0) is 51.4 Å². The Balaban J connectivity index is 3.11. The lowest BCUT2D eigenvalue weighted by molar-refractivity contribution is 0.114. The van der Waals surface area contributed by atoms with Gasteiger partial charge < -0.3 is 4.90 Å². The normalized spacial score (nSPS) is 17.4. The van der Waals surface area contributed by atoms with Gasteiger partial charge in [-0.15, -0.1) is 11.3 Å². The van der Waals surface area contributed by atoms with Crippen molar-refractivity contribution >= 4 is 11.3 Å². The number of hydrazine groups is 1. The van der Waals surface area contributed by atoms with Gasteiger partial charge in [0.2, 0.25) is 0 Å². The molecule has 1 rings (SSSR count). The first-order valence-electron chi connectivity index (χ1n) is 5.65. The summed E-state index contributed by atoms with van der Waals surface area (Å²) in [7, 11) is 4.22. The van der Waals surface area contributed by atoms with Crippen molar-refractivity contribution in [3.05, 3.63) is 21.9 Å². The van der Waals surface area contributed by atoms with E-state index in [1.807, 2.05) is 0 Å². The number of hydrogen-bond acceptors (Lipinski definition) is 4. The summed E-state index contributed by atoms with van der Waals surface area (Å²) in [6.07, 6.45) is 1.05. The van der Waals surface area contributed by atoms with Crippen molar-refractivity contribution in [2.75, 3.05) is 14.1 Å². The van der Waals surface area contributed by atoms with Crippen LogP contribution in [-0.2, 0) is 0 Å². The summed E-state index contributed by atoms with van der Waals surface area (Å²) in [6, 6.07) is 2.32. The minimum atomic E-state index is 0.0321. The lowest BCUT2D eigenvalue weighted by Crippen LogP contribution is -2.52. The second-order valence-electron chi connectivity index (χ2n) is 4.67. The highest BCUT2D eigenvalue weighted by Crippen LogP contribution is 2.36. The molecule has 16 heavy (non-hydrogen) atoms. The van der Waals surface area contributed by atoms with Gasteiger partial charge in [-0.3, -0.25) is 11.3 Å². The Morgan fingerprint density at radius 1 is 1.56 bits per heavy atom. The number of aryl methyl sites for hydroxylation is 1. The molecule has 2 unspecified atom stereocenters. The molecule has 0 saturated heterocycles. The standard InChI is InChI=1S/C12H23N3S/c1-6-12(3,15(4)5)11(14-13)10-9(2)7-8-16-10/h7-8,11,14H,6,13H2,1-5H3. The monoisotopic (exact) mass is 241 g/mol. The molecular formula is C12H23N3S. The van der Waals surface area contributed by atoms with Crippen molar-refractivity contribution < 1.29 is 0 Å². The van der Waals surface area contributed by atoms with Crippen LogP contribution in [-0.4, -0.2) is 24.5 Å². The maximum atomic E-state index is 5.76. The van der Waals surface area contributed by atoms with Crippen molar-refractivity contribution in [2.45, 2.75) is 38.8 Å². The molecule has 0 bridgehead atoms. The largest absolute Gasteiger partial charge is 0.302 e. The Morgan fingerprint density at radius 2 is 2.19 bits per heavy atom. The maximum absolute atomic E-state index is 5.76. The third kappa shape index (κ3) is 2.30. The molecule has 1 heterocycles. The number of nitrogens with one attached hydrogen (secondary N) is 1. The van der Waals surface area contributed by atoms with E-state index in [9.17, 15) is 0 Å². The van der Waals surface area contributed by atoms with Gasteiger partial charge >= 0.3 is 0 Å². The number of likely N-dealkylation sites (N-methyl/N-ethyl adjacent to an activating group) is 1. The molecule has 0 aromatic carbocycles. The molecule has 0 aliphatic heterocycles. The van der Waals surface area contributed by atoms with Gasteiger partial charge in [-0.25, -0.2) is 0 Å². The van der Waals surface area contributed by atoms with E-state index in [-0.39, 0.29) is 11.6 Å². The molecule has 92 valence electrons. The lowest BCUT2D eigenvalue weighted by atomic mass is 9.86. The summed E-state index contributed by atoms with van der Waals surface area (Å²) in [5.41, 5.74) is 4.33. The average Bonchev–Trinajstić information content (AvgIpc) is 2.65. The number of thiophene rings is 1. The highest BCUT2D eigenvalue weighted by Gasteiger charge is 2.36. The molecule has 0 aliphatic carbocycles. The third-order valence-electron chi connectivity index (χ3n) is 3.69. The fourth-order valence-electron chi connectivity index (χ4n) is 2.00. The van der Waals surface area contributed by atoms with Gasteiger partial charge in [0.15, 0.2) is 0 Å². The van der Waals surface area contributed by atoms with Gasteiger partial charge in [-0.1, -0.05) is 6.92 Å². The maximum Gasteiger partial charge on any atom is 0.0736 e. The molecule has 2 atom stereocenters. The lowest BCUT2D eigenvalue weighted by Gasteiger charge is -2.42. The summed E-state index contributed by atoms with van der Waals surface area (Å²) in [5.74, 6) is 5.76. The Labute approximate surface area is 103 Å². The number of hydrogen-bond donors (Lipinski definition) is 2. The summed E-state index contributed by atoms with van der Waals surface area (Å²) >= 11 is 1.77. The summed E-state index contributed by atoms with van der Waals surface area (Å²) in [4.78, 5) is 3.58. The predicted octanol–water partition coefficient (Wildman–Crippen LogP) is 2.29. The molecule has 1 aromatic heterocycles. The topological polar surface area (TPSA) is 41.3 Å². The Bertz CT molecular complexity index is 335. The average molecular weight is 241 g/mol. The highest BCUT2D eigenvalue weighted by molar-refractivity contribution is 7.10. The van der Waals surface area contributed by atoms with Crippen LogP contribution >= 0.6 is 11.3 Å². The number of rotatable bonds is 5. The van der Waals surface area contributed by atoms with Crippen LogP contribution in [0.1, 0.15) is 36.8 Å². The van der Waals surface area contributed by atoms with Crippen LogP contribution < -0.4 is 11.3 Å². The van der Waals surface area contributed by atoms with Crippen molar-refractivity contribution in [1.29, 1.82) is 0 Å². The minimum absolute atomic E-state index is 0.0321. The fourth-order valence-corrected chi connectivity index (χ4v) is 3.13. The predicted molar refractivity (Wildman–Crippen MR) is 71.5 cm³/mol. The molecular weight excluding hydrogens is 218 g/mol. The summed E-state index contributed by atoms with van der Waals surface area (Å²) < 4.78 is 0. The summed E-state index contributed by atoms with van der Waals surface area (Å²) in [6.45, 7) is 6.59. The van der Waals surface area contributed by atoms with E-state index >= 15 is 0 Å². The smallest absolute Gasteiger partial charge is 0.0736 e. The quantitative estimate of drug-likeness (QED) is 0.614. The molecule has 3 nitrogen and oxygen atoms in total. The van der Waals surface area contributed by atoms with Gasteiger partial charge in [0.25, 0.3) is 0 Å². The first-order valence-corrected chi connectivity index (χ1v) is 6.52. The van der Waals surface area contributed by atoms with Crippen LogP contribution in [0.3, 0.4) is 0 Å². The molecule has 0 amide bonds. The van der Waals surface area contributed by atoms with Gasteiger partial charge in [0.1, 0.15) is 0 Å². The van der Waals surface area contributed by atoms with E-state index < -0.39 is 0 Å². The second kappa shape index (κ2) is 5.27. The number of nitrogens with two attached hydrogens (primary N) is 1. The molecule has 0 aliphatic rings. The van der Waals surface area contributed by atoms with E-state index in [1.54, 1.807) is 11.3 Å². The third-order valence-corrected chi connectivity index (χ3v) is 4.77. The minimum Gasteiger partial charge on any atom is -0.302 e. The van der Waals surface area contributed by atoms with Crippen LogP contribution in [0.15, 0.2) is 11.4 Å². The zero-order valence-corrected chi connectivity index (χ0v) is 11.7. The van der Waals surface area contributed by atoms with Gasteiger partial charge in [0, 0.05) is 10.4 Å². The van der Waals surface area contributed by atoms with Crippen molar-refractivity contribution in [1.82, 2.24) is 10.3 Å². The van der Waals surface area contributed by atoms with E-state index in [0.717, 1.165) is 6.42 Å². The molecule has 0 spiro atoms. The molecule has 0 radical (unpaired) electrons. The van der Waals surface area contributed by atoms with Crippen LogP contribution in [0.5, 0.6) is 0 Å². The fraction of sp³-hybridized carbons (Fsp3) is 0.667. The first-order chi connectivity index (χ1) is 7.47. The van der Waals surface area contributed by atoms with Gasteiger partial charge in [-0.2, -0.15) is 0 Å². The molecule has 0 fully saturated rings. The van der Waals surface area contributed by atoms with Crippen LogP contribution in [0.2, 0.25) is 0 Å². The van der Waals surface area contributed by atoms with Crippen LogP contribution in [0.4, 0.5) is 0 Å². The molecule has 0 saturated carbocycles. The SMILES string of the molecule is CCC(C)(C(NN)c1sccc1C)N(C)C. The van der Waals surface area contributed by atoms with Gasteiger partial charge in [0.05, 0.1) is 6.04 Å². The molecule has 1 aromatic rings. The van der Waals surface area contributed by atoms with E-state index in [0.29, 0.717) is 0 Å². The van der Waals surface area contributed by atoms with Crippen molar-refractivity contribution in [3.63, 3.8) is 0 Å². The van der Waals surface area contributed by atoms with Crippen molar-refractivity contribution in [2.24, 2.45) is 5.84 Å². The zero-order chi connectivity index (χ0) is 12.3. The second-order valence-corrected chi connectivity index (χ2v) is 5.62. The first kappa shape index (κ1) is 13.6. The zero-order valence-electron chi connectivity index (χ0n) is 10.9. The van der Waals surface area contributed by atoms with E-state index in [4.69, 9.17) is 5.84 Å². The summed E-state index contributed by atoms with van der Waals surface area (Å²) in [5, 5.41) is 2.13.